The molecule has 1 fully saturated rings. The average Bonchev–Trinajstić information content (AvgIpc) is 2.54. The molecular formula is C19H24BrClO4. The van der Waals surface area contributed by atoms with E-state index in [2.05, 4.69) is 36.7 Å². The Morgan fingerprint density at radius 1 is 1.32 bits per heavy atom. The highest BCUT2D eigenvalue weighted by atomic mass is 79.9. The summed E-state index contributed by atoms with van der Waals surface area (Å²) < 4.78 is 11.4. The van der Waals surface area contributed by atoms with E-state index in [0.29, 0.717) is 22.2 Å². The van der Waals surface area contributed by atoms with Gasteiger partial charge in [-0.1, -0.05) is 54.7 Å². The molecule has 0 spiro atoms. The number of rotatable bonds is 5. The zero-order valence-electron chi connectivity index (χ0n) is 14.8. The summed E-state index contributed by atoms with van der Waals surface area (Å²) in [6.07, 6.45) is 2.97. The number of ether oxygens (including phenoxy) is 2. The maximum absolute atomic E-state index is 12.1. The molecule has 1 aromatic carbocycles. The minimum atomic E-state index is -0.638. The van der Waals surface area contributed by atoms with Crippen molar-refractivity contribution in [1.29, 1.82) is 0 Å². The number of halogens is 2. The van der Waals surface area contributed by atoms with Gasteiger partial charge < -0.3 is 9.47 Å². The quantitative estimate of drug-likeness (QED) is 0.596. The summed E-state index contributed by atoms with van der Waals surface area (Å²) in [7, 11) is 0. The smallest absolute Gasteiger partial charge is 0.344 e. The monoisotopic (exact) mass is 430 g/mol. The van der Waals surface area contributed by atoms with E-state index in [0.717, 1.165) is 19.3 Å². The summed E-state index contributed by atoms with van der Waals surface area (Å²) in [5, 5.41) is 0.280. The molecule has 2 rings (SSSR count). The fourth-order valence-electron chi connectivity index (χ4n) is 3.31. The number of esters is 2. The Morgan fingerprint density at radius 3 is 2.72 bits per heavy atom. The fourth-order valence-corrected chi connectivity index (χ4v) is 3.87. The lowest BCUT2D eigenvalue weighted by Crippen LogP contribution is -2.36. The van der Waals surface area contributed by atoms with E-state index in [-0.39, 0.29) is 16.7 Å². The van der Waals surface area contributed by atoms with Crippen LogP contribution in [0.3, 0.4) is 0 Å². The van der Waals surface area contributed by atoms with Gasteiger partial charge in [-0.3, -0.25) is 0 Å². The third-order valence-corrected chi connectivity index (χ3v) is 5.54. The lowest BCUT2D eigenvalue weighted by Gasteiger charge is -2.36. The molecule has 3 atom stereocenters. The van der Waals surface area contributed by atoms with Crippen LogP contribution in [0.5, 0.6) is 0 Å². The second kappa shape index (κ2) is 9.04. The lowest BCUT2D eigenvalue weighted by atomic mass is 9.75. The van der Waals surface area contributed by atoms with Gasteiger partial charge in [0.15, 0.2) is 6.61 Å². The number of hydrogen-bond acceptors (Lipinski definition) is 4. The zero-order valence-corrected chi connectivity index (χ0v) is 17.1. The maximum atomic E-state index is 12.1. The Morgan fingerprint density at radius 2 is 2.04 bits per heavy atom. The zero-order chi connectivity index (χ0) is 18.6. The summed E-state index contributed by atoms with van der Waals surface area (Å²) in [5.74, 6) is 0.199. The van der Waals surface area contributed by atoms with Crippen molar-refractivity contribution in [2.75, 3.05) is 6.61 Å². The summed E-state index contributed by atoms with van der Waals surface area (Å²) in [4.78, 5) is 24.2. The highest BCUT2D eigenvalue weighted by Crippen LogP contribution is 2.35. The van der Waals surface area contributed by atoms with E-state index in [9.17, 15) is 9.59 Å². The van der Waals surface area contributed by atoms with Crippen molar-refractivity contribution < 1.29 is 19.1 Å². The molecule has 0 bridgehead atoms. The topological polar surface area (TPSA) is 52.6 Å². The highest BCUT2D eigenvalue weighted by molar-refractivity contribution is 9.10. The Labute approximate surface area is 162 Å². The van der Waals surface area contributed by atoms with Gasteiger partial charge in [-0.05, 0) is 48.8 Å². The van der Waals surface area contributed by atoms with Crippen molar-refractivity contribution in [3.05, 3.63) is 33.3 Å². The van der Waals surface area contributed by atoms with Gasteiger partial charge >= 0.3 is 11.9 Å². The van der Waals surface area contributed by atoms with Crippen LogP contribution in [-0.2, 0) is 14.3 Å². The molecule has 1 aliphatic rings. The first kappa shape index (κ1) is 20.2. The second-order valence-corrected chi connectivity index (χ2v) is 8.38. The third-order valence-electron chi connectivity index (χ3n) is 4.71. The molecule has 6 heteroatoms. The Kier molecular flexibility index (Phi) is 7.32. The largest absolute Gasteiger partial charge is 0.460 e. The van der Waals surface area contributed by atoms with E-state index in [4.69, 9.17) is 21.1 Å². The standard InChI is InChI=1S/C19H24BrClO4/c1-11(2)14-6-4-12(3)8-17(14)25-18(22)10-24-19(23)15-9-13(20)5-7-16(15)21/h5,7,9,11-12,14,17H,4,6,8,10H2,1-3H3/t12-,14-,17-/m1/s1. The van der Waals surface area contributed by atoms with Crippen molar-refractivity contribution in [3.63, 3.8) is 0 Å². The van der Waals surface area contributed by atoms with E-state index >= 15 is 0 Å². The molecule has 138 valence electrons. The highest BCUT2D eigenvalue weighted by Gasteiger charge is 2.33. The van der Waals surface area contributed by atoms with Gasteiger partial charge in [-0.25, -0.2) is 9.59 Å². The van der Waals surface area contributed by atoms with Crippen molar-refractivity contribution >= 4 is 39.5 Å². The van der Waals surface area contributed by atoms with Crippen LogP contribution in [0.4, 0.5) is 0 Å². The molecule has 0 saturated heterocycles. The van der Waals surface area contributed by atoms with Gasteiger partial charge in [0.25, 0.3) is 0 Å². The Balaban J connectivity index is 1.91. The average molecular weight is 432 g/mol. The van der Waals surface area contributed by atoms with Gasteiger partial charge in [-0.2, -0.15) is 0 Å². The summed E-state index contributed by atoms with van der Waals surface area (Å²) in [5.41, 5.74) is 0.218. The van der Waals surface area contributed by atoms with Gasteiger partial charge in [-0.15, -0.1) is 0 Å². The first-order valence-corrected chi connectivity index (χ1v) is 9.76. The molecule has 0 amide bonds. The van der Waals surface area contributed by atoms with Crippen LogP contribution in [0, 0.1) is 17.8 Å². The first-order valence-electron chi connectivity index (χ1n) is 8.59. The third kappa shape index (κ3) is 5.71. The van der Waals surface area contributed by atoms with Crippen LogP contribution < -0.4 is 0 Å². The van der Waals surface area contributed by atoms with Crippen LogP contribution in [0.25, 0.3) is 0 Å². The molecule has 0 radical (unpaired) electrons. The summed E-state index contributed by atoms with van der Waals surface area (Å²) >= 11 is 9.27. The maximum Gasteiger partial charge on any atom is 0.344 e. The van der Waals surface area contributed by atoms with Crippen molar-refractivity contribution in [3.8, 4) is 0 Å². The molecule has 1 saturated carbocycles. The van der Waals surface area contributed by atoms with Crippen molar-refractivity contribution in [1.82, 2.24) is 0 Å². The molecule has 1 aromatic rings. The Hall–Kier alpha value is -1.07. The van der Waals surface area contributed by atoms with Gasteiger partial charge in [0, 0.05) is 4.47 Å². The minimum Gasteiger partial charge on any atom is -0.460 e. The molecular weight excluding hydrogens is 408 g/mol. The molecule has 0 heterocycles. The van der Waals surface area contributed by atoms with Crippen LogP contribution in [0.15, 0.2) is 22.7 Å². The SMILES string of the molecule is CC(C)[C@H]1CC[C@@H](C)C[C@H]1OC(=O)COC(=O)c1cc(Br)ccc1Cl. The molecule has 0 unspecified atom stereocenters. The Bertz CT molecular complexity index is 632. The van der Waals surface area contributed by atoms with Crippen molar-refractivity contribution in [2.45, 2.75) is 46.1 Å². The molecule has 4 nitrogen and oxygen atoms in total. The number of carbonyl (C=O) groups excluding carboxylic acids is 2. The van der Waals surface area contributed by atoms with Crippen LogP contribution in [0.1, 0.15) is 50.4 Å². The fraction of sp³-hybridized carbons (Fsp3) is 0.579. The molecule has 0 N–H and O–H groups in total. The normalized spacial score (nSPS) is 23.4. The van der Waals surface area contributed by atoms with E-state index in [1.165, 1.54) is 0 Å². The molecule has 0 aliphatic heterocycles. The minimum absolute atomic E-state index is 0.107. The summed E-state index contributed by atoms with van der Waals surface area (Å²) in [6, 6.07) is 4.88. The molecule has 1 aliphatic carbocycles. The first-order chi connectivity index (χ1) is 11.8. The number of carbonyl (C=O) groups is 2. The second-order valence-electron chi connectivity index (χ2n) is 7.05. The predicted molar refractivity (Wildman–Crippen MR) is 101 cm³/mol. The summed E-state index contributed by atoms with van der Waals surface area (Å²) in [6.45, 7) is 6.07. The number of benzene rings is 1. The van der Waals surface area contributed by atoms with E-state index in [1.807, 2.05) is 0 Å². The predicted octanol–water partition coefficient (Wildman–Crippen LogP) is 5.26. The molecule has 0 aromatic heterocycles. The van der Waals surface area contributed by atoms with Gasteiger partial charge in [0.1, 0.15) is 6.10 Å². The van der Waals surface area contributed by atoms with Crippen LogP contribution in [-0.4, -0.2) is 24.6 Å². The van der Waals surface area contributed by atoms with E-state index in [1.54, 1.807) is 18.2 Å². The number of hydrogen-bond donors (Lipinski definition) is 0. The molecule has 25 heavy (non-hydrogen) atoms. The van der Waals surface area contributed by atoms with E-state index < -0.39 is 18.5 Å². The van der Waals surface area contributed by atoms with Crippen molar-refractivity contribution in [2.24, 2.45) is 17.8 Å². The van der Waals surface area contributed by atoms with Gasteiger partial charge in [0.2, 0.25) is 0 Å². The lowest BCUT2D eigenvalue weighted by molar-refractivity contribution is -0.159. The van der Waals surface area contributed by atoms with Gasteiger partial charge in [0.05, 0.1) is 10.6 Å². The van der Waals surface area contributed by atoms with Crippen LogP contribution in [0.2, 0.25) is 5.02 Å². The van der Waals surface area contributed by atoms with Crippen LogP contribution >= 0.6 is 27.5 Å².